The second kappa shape index (κ2) is 5.76. The number of sulfonamides is 1. The zero-order valence-corrected chi connectivity index (χ0v) is 14.5. The number of carbonyl (C=O) groups excluding carboxylic acids is 1. The molecule has 1 aliphatic heterocycles. The van der Waals surface area contributed by atoms with Crippen LogP contribution in [0.25, 0.3) is 0 Å². The molecule has 2 rings (SSSR count). The highest BCUT2D eigenvalue weighted by atomic mass is 32.2. The second-order valence-corrected chi connectivity index (χ2v) is 8.05. The lowest BCUT2D eigenvalue weighted by Crippen LogP contribution is -2.49. The summed E-state index contributed by atoms with van der Waals surface area (Å²) in [6.07, 6.45) is -4.61. The lowest BCUT2D eigenvalue weighted by molar-refractivity contribution is -0.189. The van der Waals surface area contributed by atoms with E-state index in [4.69, 9.17) is 4.42 Å². The van der Waals surface area contributed by atoms with E-state index in [0.717, 1.165) is 11.0 Å². The Labute approximate surface area is 138 Å². The Morgan fingerprint density at radius 3 is 2.46 bits per heavy atom. The van der Waals surface area contributed by atoms with Crippen molar-refractivity contribution in [2.45, 2.75) is 44.0 Å². The normalized spacial score (nSPS) is 21.3. The molecule has 1 saturated heterocycles. The van der Waals surface area contributed by atoms with Gasteiger partial charge in [0.15, 0.2) is 0 Å². The lowest BCUT2D eigenvalue weighted by atomic mass is 9.87. The average Bonchev–Trinajstić information content (AvgIpc) is 2.97. The Morgan fingerprint density at radius 1 is 1.42 bits per heavy atom. The van der Waals surface area contributed by atoms with Gasteiger partial charge in [-0.25, -0.2) is 13.1 Å². The maximum absolute atomic E-state index is 13.1. The minimum atomic E-state index is -4.41. The zero-order chi connectivity index (χ0) is 18.5. The first-order chi connectivity index (χ1) is 10.8. The van der Waals surface area contributed by atoms with Crippen molar-refractivity contribution in [3.8, 4) is 0 Å². The molecule has 1 amide bonds. The van der Waals surface area contributed by atoms with Crippen molar-refractivity contribution in [3.63, 3.8) is 0 Å². The van der Waals surface area contributed by atoms with Crippen LogP contribution in [-0.2, 0) is 10.0 Å². The average molecular weight is 368 g/mol. The van der Waals surface area contributed by atoms with Crippen LogP contribution in [0.4, 0.5) is 13.2 Å². The third kappa shape index (κ3) is 3.04. The third-order valence-corrected chi connectivity index (χ3v) is 5.76. The number of alkyl halides is 3. The number of halogens is 3. The summed E-state index contributed by atoms with van der Waals surface area (Å²) in [5, 5.41) is -0.449. The minimum absolute atomic E-state index is 0.0417. The van der Waals surface area contributed by atoms with Gasteiger partial charge in [0.25, 0.3) is 15.9 Å². The van der Waals surface area contributed by atoms with Crippen molar-refractivity contribution >= 4 is 15.9 Å². The Balaban J connectivity index is 2.37. The van der Waals surface area contributed by atoms with E-state index in [1.165, 1.54) is 27.8 Å². The predicted octanol–water partition coefficient (Wildman–Crippen LogP) is 2.30. The molecule has 1 N–H and O–H groups in total. The van der Waals surface area contributed by atoms with E-state index in [2.05, 4.69) is 4.72 Å². The Hall–Kier alpha value is -1.55. The topological polar surface area (TPSA) is 79.6 Å². The Bertz CT molecular complexity index is 753. The molecule has 0 bridgehead atoms. The number of nitrogens with one attached hydrogen (secondary N) is 1. The summed E-state index contributed by atoms with van der Waals surface area (Å²) in [6.45, 7) is 4.05. The molecule has 0 aliphatic carbocycles. The third-order valence-electron chi connectivity index (χ3n) is 4.49. The molecule has 0 aromatic carbocycles. The highest BCUT2D eigenvalue weighted by Crippen LogP contribution is 2.45. The molecule has 1 atom stereocenters. The van der Waals surface area contributed by atoms with Crippen LogP contribution in [0.5, 0.6) is 0 Å². The lowest BCUT2D eigenvalue weighted by Gasteiger charge is -2.36. The fourth-order valence-corrected chi connectivity index (χ4v) is 3.77. The van der Waals surface area contributed by atoms with Crippen LogP contribution in [-0.4, -0.2) is 44.5 Å². The number of rotatable bonds is 3. The highest BCUT2D eigenvalue weighted by molar-refractivity contribution is 7.89. The van der Waals surface area contributed by atoms with Gasteiger partial charge in [0.2, 0.25) is 5.09 Å². The van der Waals surface area contributed by atoms with E-state index in [-0.39, 0.29) is 24.3 Å². The maximum Gasteiger partial charge on any atom is 0.394 e. The van der Waals surface area contributed by atoms with Gasteiger partial charge in [-0.15, -0.1) is 0 Å². The van der Waals surface area contributed by atoms with E-state index >= 15 is 0 Å². The molecule has 136 valence electrons. The molecule has 1 aromatic rings. The molecule has 0 radical (unpaired) electrons. The molecule has 1 unspecified atom stereocenters. The standard InChI is InChI=1S/C14H19F3N2O4S/c1-8-9(7-11(23-8)24(21,22)18-4)12(20)19-6-5-10(13(19,2)3)14(15,16)17/h7,10,18H,5-6H2,1-4H3. The summed E-state index contributed by atoms with van der Waals surface area (Å²) in [7, 11) is -2.70. The first-order valence-corrected chi connectivity index (χ1v) is 8.73. The largest absolute Gasteiger partial charge is 0.448 e. The molecular formula is C14H19F3N2O4S. The van der Waals surface area contributed by atoms with Gasteiger partial charge in [0.05, 0.1) is 11.5 Å². The molecule has 1 fully saturated rings. The summed E-state index contributed by atoms with van der Waals surface area (Å²) < 4.78 is 70.0. The van der Waals surface area contributed by atoms with Gasteiger partial charge < -0.3 is 9.32 Å². The summed E-state index contributed by atoms with van der Waals surface area (Å²) in [6, 6.07) is 1.04. The highest BCUT2D eigenvalue weighted by Gasteiger charge is 2.56. The van der Waals surface area contributed by atoms with Crippen molar-refractivity contribution in [1.82, 2.24) is 9.62 Å². The van der Waals surface area contributed by atoms with Gasteiger partial charge in [-0.3, -0.25) is 4.79 Å². The molecule has 0 spiro atoms. The monoisotopic (exact) mass is 368 g/mol. The van der Waals surface area contributed by atoms with Gasteiger partial charge in [0, 0.05) is 18.2 Å². The second-order valence-electron chi connectivity index (χ2n) is 6.24. The summed E-state index contributed by atoms with van der Waals surface area (Å²) in [5.41, 5.74) is -1.49. The first-order valence-electron chi connectivity index (χ1n) is 7.25. The van der Waals surface area contributed by atoms with E-state index < -0.39 is 38.7 Å². The van der Waals surface area contributed by atoms with E-state index in [9.17, 15) is 26.4 Å². The molecule has 24 heavy (non-hydrogen) atoms. The van der Waals surface area contributed by atoms with Crippen molar-refractivity contribution in [3.05, 3.63) is 17.4 Å². The number of aryl methyl sites for hydroxylation is 1. The van der Waals surface area contributed by atoms with Crippen LogP contribution in [0.2, 0.25) is 0 Å². The number of hydrogen-bond acceptors (Lipinski definition) is 4. The number of carbonyl (C=O) groups is 1. The van der Waals surface area contributed by atoms with Gasteiger partial charge >= 0.3 is 6.18 Å². The van der Waals surface area contributed by atoms with E-state index in [0.29, 0.717) is 0 Å². The quantitative estimate of drug-likeness (QED) is 0.888. The van der Waals surface area contributed by atoms with Crippen molar-refractivity contribution in [2.24, 2.45) is 5.92 Å². The van der Waals surface area contributed by atoms with Crippen LogP contribution in [0, 0.1) is 12.8 Å². The molecule has 2 heterocycles. The molecule has 6 nitrogen and oxygen atoms in total. The Kier molecular flexibility index (Phi) is 4.51. The minimum Gasteiger partial charge on any atom is -0.448 e. The van der Waals surface area contributed by atoms with Crippen LogP contribution in [0.3, 0.4) is 0 Å². The fraction of sp³-hybridized carbons (Fsp3) is 0.643. The molecule has 0 saturated carbocycles. The molecule has 1 aliphatic rings. The van der Waals surface area contributed by atoms with Crippen LogP contribution >= 0.6 is 0 Å². The number of likely N-dealkylation sites (tertiary alicyclic amines) is 1. The fourth-order valence-electron chi connectivity index (χ4n) is 3.06. The molecule has 10 heteroatoms. The van der Waals surface area contributed by atoms with Crippen molar-refractivity contribution in [2.75, 3.05) is 13.6 Å². The van der Waals surface area contributed by atoms with E-state index in [1.807, 2.05) is 0 Å². The summed E-state index contributed by atoms with van der Waals surface area (Å²) >= 11 is 0. The summed E-state index contributed by atoms with van der Waals surface area (Å²) in [4.78, 5) is 13.8. The molecule has 1 aromatic heterocycles. The SMILES string of the molecule is CNS(=O)(=O)c1cc(C(=O)N2CCC(C(F)(F)F)C2(C)C)c(C)o1. The summed E-state index contributed by atoms with van der Waals surface area (Å²) in [5.74, 6) is -2.27. The van der Waals surface area contributed by atoms with Crippen LogP contribution in [0.1, 0.15) is 36.4 Å². The number of nitrogens with zero attached hydrogens (tertiary/aromatic N) is 1. The predicted molar refractivity (Wildman–Crippen MR) is 79.0 cm³/mol. The van der Waals surface area contributed by atoms with Crippen molar-refractivity contribution in [1.29, 1.82) is 0 Å². The van der Waals surface area contributed by atoms with E-state index in [1.54, 1.807) is 0 Å². The first kappa shape index (κ1) is 18.8. The number of hydrogen-bond donors (Lipinski definition) is 1. The van der Waals surface area contributed by atoms with Gasteiger partial charge in [-0.2, -0.15) is 13.2 Å². The maximum atomic E-state index is 13.1. The van der Waals surface area contributed by atoms with Gasteiger partial charge in [-0.1, -0.05) is 0 Å². The van der Waals surface area contributed by atoms with Gasteiger partial charge in [0.1, 0.15) is 5.76 Å². The Morgan fingerprint density at radius 2 is 2.00 bits per heavy atom. The number of furan rings is 1. The smallest absolute Gasteiger partial charge is 0.394 e. The van der Waals surface area contributed by atoms with Crippen LogP contribution in [0.15, 0.2) is 15.6 Å². The molecular weight excluding hydrogens is 349 g/mol. The van der Waals surface area contributed by atoms with Gasteiger partial charge in [-0.05, 0) is 34.2 Å². The zero-order valence-electron chi connectivity index (χ0n) is 13.7. The van der Waals surface area contributed by atoms with Crippen LogP contribution < -0.4 is 4.72 Å². The van der Waals surface area contributed by atoms with Crippen molar-refractivity contribution < 1.29 is 30.8 Å². The number of amides is 1.